The summed E-state index contributed by atoms with van der Waals surface area (Å²) in [5.41, 5.74) is 3.31. The van der Waals surface area contributed by atoms with Gasteiger partial charge in [-0.25, -0.2) is 9.59 Å². The minimum absolute atomic E-state index is 0.0504. The largest absolute Gasteiger partial charge is 0.445 e. The van der Waals surface area contributed by atoms with E-state index >= 15 is 0 Å². The Bertz CT molecular complexity index is 1250. The highest BCUT2D eigenvalue weighted by atomic mass is 16.6. The third kappa shape index (κ3) is 9.76. The topological polar surface area (TPSA) is 117 Å². The first-order chi connectivity index (χ1) is 20.5. The quantitative estimate of drug-likeness (QED) is 0.184. The molecule has 0 spiro atoms. The molecule has 0 aromatic heterocycles. The summed E-state index contributed by atoms with van der Waals surface area (Å²) in [6.45, 7) is 0.101. The summed E-state index contributed by atoms with van der Waals surface area (Å²) < 4.78 is 10.8. The maximum absolute atomic E-state index is 12.8. The molecular formula is C34H36N2O6. The average molecular weight is 569 g/mol. The molecule has 4 aromatic carbocycles. The lowest BCUT2D eigenvalue weighted by Crippen LogP contribution is -2.57. The highest BCUT2D eigenvalue weighted by Gasteiger charge is 2.35. The van der Waals surface area contributed by atoms with Crippen LogP contribution in [0.15, 0.2) is 121 Å². The van der Waals surface area contributed by atoms with Crippen molar-refractivity contribution in [3.05, 3.63) is 144 Å². The Morgan fingerprint density at radius 1 is 0.500 bits per heavy atom. The number of aliphatic hydroxyl groups is 2. The van der Waals surface area contributed by atoms with Crippen molar-refractivity contribution in [2.75, 3.05) is 0 Å². The number of aliphatic hydroxyl groups excluding tert-OH is 2. The van der Waals surface area contributed by atoms with Crippen molar-refractivity contribution in [2.45, 2.75) is 50.3 Å². The van der Waals surface area contributed by atoms with Gasteiger partial charge in [0.25, 0.3) is 0 Å². The number of benzene rings is 4. The molecule has 4 aromatic rings. The summed E-state index contributed by atoms with van der Waals surface area (Å²) >= 11 is 0. The van der Waals surface area contributed by atoms with Crippen LogP contribution in [0.2, 0.25) is 0 Å². The average Bonchev–Trinajstić information content (AvgIpc) is 3.03. The van der Waals surface area contributed by atoms with Crippen LogP contribution in [0.4, 0.5) is 9.59 Å². The van der Waals surface area contributed by atoms with Gasteiger partial charge in [0.15, 0.2) is 0 Å². The monoisotopic (exact) mass is 568 g/mol. The fourth-order valence-corrected chi connectivity index (χ4v) is 4.56. The number of hydrogen-bond acceptors (Lipinski definition) is 6. The molecule has 218 valence electrons. The van der Waals surface area contributed by atoms with Crippen LogP contribution in [0.5, 0.6) is 0 Å². The molecule has 8 heteroatoms. The van der Waals surface area contributed by atoms with Gasteiger partial charge in [0.2, 0.25) is 0 Å². The molecule has 8 nitrogen and oxygen atoms in total. The van der Waals surface area contributed by atoms with Gasteiger partial charge in [0.1, 0.15) is 25.4 Å². The van der Waals surface area contributed by atoms with Crippen LogP contribution >= 0.6 is 0 Å². The standard InChI is InChI=1S/C34H36N2O6/c37-31(29(21-25-13-5-1-6-14-25)35-33(39)41-23-27-17-9-3-10-18-27)32(38)30(22-26-15-7-2-8-16-26)36-34(40)42-24-28-19-11-4-12-20-28/h1-20,29-32,37-38H,21-24H2,(H,35,39)(H,36,40)/t29-,30-,31+,32+/m0/s1. The van der Waals surface area contributed by atoms with Gasteiger partial charge in [-0.05, 0) is 35.1 Å². The minimum Gasteiger partial charge on any atom is -0.445 e. The van der Waals surface area contributed by atoms with Gasteiger partial charge in [-0.1, -0.05) is 121 Å². The summed E-state index contributed by atoms with van der Waals surface area (Å²) in [4.78, 5) is 25.6. The highest BCUT2D eigenvalue weighted by molar-refractivity contribution is 5.68. The van der Waals surface area contributed by atoms with E-state index in [1.54, 1.807) is 0 Å². The molecule has 42 heavy (non-hydrogen) atoms. The summed E-state index contributed by atoms with van der Waals surface area (Å²) in [6.07, 6.45) is -3.96. The van der Waals surface area contributed by atoms with Crippen LogP contribution in [0.25, 0.3) is 0 Å². The van der Waals surface area contributed by atoms with Gasteiger partial charge in [0, 0.05) is 0 Å². The van der Waals surface area contributed by atoms with E-state index in [2.05, 4.69) is 10.6 Å². The van der Waals surface area contributed by atoms with E-state index in [0.717, 1.165) is 22.3 Å². The number of amides is 2. The molecule has 4 N–H and O–H groups in total. The molecule has 0 saturated carbocycles. The summed E-state index contributed by atoms with van der Waals surface area (Å²) in [5, 5.41) is 28.3. The second kappa shape index (κ2) is 16.0. The number of nitrogens with one attached hydrogen (secondary N) is 2. The first-order valence-electron chi connectivity index (χ1n) is 13.9. The Morgan fingerprint density at radius 3 is 1.10 bits per heavy atom. The van der Waals surface area contributed by atoms with Gasteiger partial charge in [-0.15, -0.1) is 0 Å². The molecule has 0 aliphatic heterocycles. The Kier molecular flexibility index (Phi) is 11.5. The van der Waals surface area contributed by atoms with E-state index in [1.807, 2.05) is 121 Å². The van der Waals surface area contributed by atoms with E-state index in [9.17, 15) is 19.8 Å². The van der Waals surface area contributed by atoms with Crippen molar-refractivity contribution in [2.24, 2.45) is 0 Å². The number of carbonyl (C=O) groups excluding carboxylic acids is 2. The fraction of sp³-hybridized carbons (Fsp3) is 0.235. The van der Waals surface area contributed by atoms with Gasteiger partial charge in [0.05, 0.1) is 12.1 Å². The van der Waals surface area contributed by atoms with E-state index in [1.165, 1.54) is 0 Å². The minimum atomic E-state index is -1.46. The van der Waals surface area contributed by atoms with Gasteiger partial charge < -0.3 is 30.3 Å². The molecule has 0 fully saturated rings. The number of ether oxygens (including phenoxy) is 2. The van der Waals surface area contributed by atoms with E-state index < -0.39 is 36.5 Å². The zero-order chi connectivity index (χ0) is 29.6. The van der Waals surface area contributed by atoms with Crippen molar-refractivity contribution in [1.29, 1.82) is 0 Å². The summed E-state index contributed by atoms with van der Waals surface area (Å²) in [5.74, 6) is 0. The molecule has 0 bridgehead atoms. The Labute approximate surface area is 245 Å². The summed E-state index contributed by atoms with van der Waals surface area (Å²) in [7, 11) is 0. The third-order valence-electron chi connectivity index (χ3n) is 6.80. The van der Waals surface area contributed by atoms with Crippen LogP contribution in [-0.2, 0) is 35.5 Å². The van der Waals surface area contributed by atoms with E-state index in [0.29, 0.717) is 0 Å². The molecular weight excluding hydrogens is 532 g/mol. The van der Waals surface area contributed by atoms with Crippen molar-refractivity contribution >= 4 is 12.2 Å². The first kappa shape index (κ1) is 30.3. The normalized spacial score (nSPS) is 13.7. The van der Waals surface area contributed by atoms with Crippen molar-refractivity contribution in [3.63, 3.8) is 0 Å². The Morgan fingerprint density at radius 2 is 0.786 bits per heavy atom. The molecule has 0 aliphatic rings. The van der Waals surface area contributed by atoms with Crippen LogP contribution in [0, 0.1) is 0 Å². The lowest BCUT2D eigenvalue weighted by Gasteiger charge is -2.32. The predicted molar refractivity (Wildman–Crippen MR) is 159 cm³/mol. The highest BCUT2D eigenvalue weighted by Crippen LogP contribution is 2.16. The lowest BCUT2D eigenvalue weighted by atomic mass is 9.91. The van der Waals surface area contributed by atoms with Crippen LogP contribution < -0.4 is 10.6 Å². The molecule has 4 rings (SSSR count). The van der Waals surface area contributed by atoms with E-state index in [-0.39, 0.29) is 26.1 Å². The molecule has 0 saturated heterocycles. The third-order valence-corrected chi connectivity index (χ3v) is 6.80. The van der Waals surface area contributed by atoms with Gasteiger partial charge in [-0.3, -0.25) is 0 Å². The number of hydrogen-bond donors (Lipinski definition) is 4. The molecule has 2 amide bonds. The first-order valence-corrected chi connectivity index (χ1v) is 13.9. The van der Waals surface area contributed by atoms with Gasteiger partial charge >= 0.3 is 12.2 Å². The molecule has 0 heterocycles. The smallest absolute Gasteiger partial charge is 0.407 e. The molecule has 0 aliphatic carbocycles. The molecule has 4 atom stereocenters. The van der Waals surface area contributed by atoms with Crippen molar-refractivity contribution in [3.8, 4) is 0 Å². The van der Waals surface area contributed by atoms with Crippen LogP contribution in [0.3, 0.4) is 0 Å². The Hall–Kier alpha value is -4.66. The maximum Gasteiger partial charge on any atom is 0.407 e. The van der Waals surface area contributed by atoms with Crippen molar-refractivity contribution in [1.82, 2.24) is 10.6 Å². The fourth-order valence-electron chi connectivity index (χ4n) is 4.56. The maximum atomic E-state index is 12.8. The van der Waals surface area contributed by atoms with Crippen molar-refractivity contribution < 1.29 is 29.3 Å². The van der Waals surface area contributed by atoms with E-state index in [4.69, 9.17) is 9.47 Å². The zero-order valence-electron chi connectivity index (χ0n) is 23.2. The zero-order valence-corrected chi connectivity index (χ0v) is 23.2. The summed E-state index contributed by atoms with van der Waals surface area (Å²) in [6, 6.07) is 35.2. The Balaban J connectivity index is 1.48. The molecule has 0 radical (unpaired) electrons. The number of rotatable bonds is 13. The second-order valence-corrected chi connectivity index (χ2v) is 9.99. The van der Waals surface area contributed by atoms with Crippen LogP contribution in [-0.4, -0.2) is 46.7 Å². The number of carbonyl (C=O) groups is 2. The second-order valence-electron chi connectivity index (χ2n) is 9.99. The number of alkyl carbamates (subject to hydrolysis) is 2. The lowest BCUT2D eigenvalue weighted by molar-refractivity contribution is -0.0240. The predicted octanol–water partition coefficient (Wildman–Crippen LogP) is 4.78. The molecule has 0 unspecified atom stereocenters. The van der Waals surface area contributed by atoms with Crippen LogP contribution in [0.1, 0.15) is 22.3 Å². The van der Waals surface area contributed by atoms with Gasteiger partial charge in [-0.2, -0.15) is 0 Å². The SMILES string of the molecule is O=C(N[C@@H](Cc1ccccc1)[C@@H](O)[C@H](O)[C@H](Cc1ccccc1)NC(=O)OCc1ccccc1)OCc1ccccc1.